The number of aromatic nitrogens is 6. The molecule has 0 spiro atoms. The molecule has 4 rings (SSSR count). The van der Waals surface area contributed by atoms with Crippen molar-refractivity contribution in [3.05, 3.63) is 12.2 Å². The summed E-state index contributed by atoms with van der Waals surface area (Å²) in [6.07, 6.45) is 6.09. The van der Waals surface area contributed by atoms with Gasteiger partial charge in [-0.1, -0.05) is 18.0 Å². The third-order valence-electron chi connectivity index (χ3n) is 3.92. The van der Waals surface area contributed by atoms with Gasteiger partial charge in [-0.05, 0) is 19.8 Å². The van der Waals surface area contributed by atoms with Crippen LogP contribution in [0.5, 0.6) is 0 Å². The largest absolute Gasteiger partial charge is 0.383 e. The molecule has 0 radical (unpaired) electrons. The van der Waals surface area contributed by atoms with Crippen LogP contribution in [0.25, 0.3) is 22.6 Å². The average molecular weight is 285 g/mol. The molecular weight excluding hydrogens is 270 g/mol. The molecule has 0 unspecified atom stereocenters. The van der Waals surface area contributed by atoms with Crippen molar-refractivity contribution in [1.29, 1.82) is 0 Å². The smallest absolute Gasteiger partial charge is 0.279 e. The van der Waals surface area contributed by atoms with Gasteiger partial charge in [0.1, 0.15) is 12.1 Å². The topological polar surface area (TPSA) is 109 Å². The molecule has 0 aromatic carbocycles. The van der Waals surface area contributed by atoms with Gasteiger partial charge in [0.15, 0.2) is 17.2 Å². The molecule has 21 heavy (non-hydrogen) atoms. The van der Waals surface area contributed by atoms with E-state index in [2.05, 4.69) is 25.2 Å². The van der Waals surface area contributed by atoms with E-state index in [1.165, 1.54) is 19.2 Å². The van der Waals surface area contributed by atoms with Crippen LogP contribution in [0.3, 0.4) is 0 Å². The van der Waals surface area contributed by atoms with Gasteiger partial charge < -0.3 is 10.3 Å². The molecule has 108 valence electrons. The molecule has 8 nitrogen and oxygen atoms in total. The molecule has 3 heterocycles. The Hall–Kier alpha value is -2.51. The van der Waals surface area contributed by atoms with Crippen LogP contribution >= 0.6 is 0 Å². The van der Waals surface area contributed by atoms with Crippen molar-refractivity contribution >= 4 is 16.9 Å². The van der Waals surface area contributed by atoms with E-state index in [0.717, 1.165) is 18.5 Å². The lowest BCUT2D eigenvalue weighted by atomic mass is 10.2. The van der Waals surface area contributed by atoms with Gasteiger partial charge in [0, 0.05) is 0 Å². The summed E-state index contributed by atoms with van der Waals surface area (Å²) in [5.41, 5.74) is 7.32. The van der Waals surface area contributed by atoms with Gasteiger partial charge >= 0.3 is 0 Å². The van der Waals surface area contributed by atoms with Crippen molar-refractivity contribution in [2.45, 2.75) is 38.6 Å². The summed E-state index contributed by atoms with van der Waals surface area (Å²) in [6, 6.07) is 0.347. The van der Waals surface area contributed by atoms with Crippen molar-refractivity contribution < 1.29 is 4.52 Å². The third-order valence-corrected chi connectivity index (χ3v) is 3.92. The number of anilines is 1. The molecular formula is C13H15N7O. The highest BCUT2D eigenvalue weighted by Crippen LogP contribution is 2.35. The van der Waals surface area contributed by atoms with E-state index in [4.69, 9.17) is 10.3 Å². The van der Waals surface area contributed by atoms with Crippen LogP contribution in [0, 0.1) is 6.92 Å². The monoisotopic (exact) mass is 285 g/mol. The number of hydrogen-bond donors (Lipinski definition) is 1. The standard InChI is InChI=1S/C13H15N7O/c1-7-17-13(21-19-7)10-9-11(14)15-6-16-12(9)20(18-10)8-4-2-3-5-8/h6,8H,2-5H2,1H3,(H2,14,15,16). The van der Waals surface area contributed by atoms with Gasteiger partial charge in [-0.3, -0.25) is 0 Å². The molecule has 3 aromatic heterocycles. The zero-order chi connectivity index (χ0) is 14.4. The second-order valence-electron chi connectivity index (χ2n) is 5.34. The third kappa shape index (κ3) is 1.86. The molecule has 0 atom stereocenters. The lowest BCUT2D eigenvalue weighted by Gasteiger charge is -2.09. The molecule has 1 fully saturated rings. The number of hydrogen-bond acceptors (Lipinski definition) is 7. The summed E-state index contributed by atoms with van der Waals surface area (Å²) >= 11 is 0. The highest BCUT2D eigenvalue weighted by molar-refractivity contribution is 5.96. The van der Waals surface area contributed by atoms with Crippen LogP contribution in [-0.2, 0) is 0 Å². The van der Waals surface area contributed by atoms with E-state index < -0.39 is 0 Å². The summed E-state index contributed by atoms with van der Waals surface area (Å²) in [6.45, 7) is 1.77. The van der Waals surface area contributed by atoms with Crippen LogP contribution in [0.4, 0.5) is 5.82 Å². The number of fused-ring (bicyclic) bond motifs is 1. The number of nitrogens with zero attached hydrogens (tertiary/aromatic N) is 6. The summed E-state index contributed by atoms with van der Waals surface area (Å²) < 4.78 is 7.18. The lowest BCUT2D eigenvalue weighted by molar-refractivity contribution is 0.421. The summed E-state index contributed by atoms with van der Waals surface area (Å²) in [5, 5.41) is 9.16. The van der Waals surface area contributed by atoms with Gasteiger partial charge in [0.25, 0.3) is 5.89 Å². The fourth-order valence-electron chi connectivity index (χ4n) is 2.94. The van der Waals surface area contributed by atoms with E-state index in [1.807, 2.05) is 4.68 Å². The predicted octanol–water partition coefficient (Wildman–Crippen LogP) is 1.88. The van der Waals surface area contributed by atoms with Crippen LogP contribution in [-0.4, -0.2) is 29.9 Å². The molecule has 2 N–H and O–H groups in total. The first-order chi connectivity index (χ1) is 10.2. The Morgan fingerprint density at radius 1 is 1.29 bits per heavy atom. The van der Waals surface area contributed by atoms with Crippen molar-refractivity contribution in [2.75, 3.05) is 5.73 Å². The minimum atomic E-state index is 0.347. The number of nitrogens with two attached hydrogens (primary N) is 1. The lowest BCUT2D eigenvalue weighted by Crippen LogP contribution is -2.07. The van der Waals surface area contributed by atoms with Crippen LogP contribution in [0.1, 0.15) is 37.5 Å². The fraction of sp³-hybridized carbons (Fsp3) is 0.462. The van der Waals surface area contributed by atoms with E-state index >= 15 is 0 Å². The molecule has 3 aromatic rings. The minimum Gasteiger partial charge on any atom is -0.383 e. The maximum Gasteiger partial charge on any atom is 0.279 e. The van der Waals surface area contributed by atoms with Crippen LogP contribution in [0.15, 0.2) is 10.9 Å². The van der Waals surface area contributed by atoms with E-state index in [0.29, 0.717) is 34.7 Å². The number of aryl methyl sites for hydroxylation is 1. The molecule has 0 saturated heterocycles. The molecule has 1 aliphatic carbocycles. The van der Waals surface area contributed by atoms with Crippen molar-refractivity contribution in [1.82, 2.24) is 29.9 Å². The van der Waals surface area contributed by atoms with Gasteiger partial charge in [-0.25, -0.2) is 14.6 Å². The van der Waals surface area contributed by atoms with Gasteiger partial charge in [0.05, 0.1) is 11.4 Å². The average Bonchev–Trinajstić information content (AvgIpc) is 3.16. The van der Waals surface area contributed by atoms with Crippen LogP contribution in [0.2, 0.25) is 0 Å². The first kappa shape index (κ1) is 12.2. The molecule has 0 aliphatic heterocycles. The Balaban J connectivity index is 1.97. The normalized spacial score (nSPS) is 16.0. The fourth-order valence-corrected chi connectivity index (χ4v) is 2.94. The molecule has 0 bridgehead atoms. The summed E-state index contributed by atoms with van der Waals surface area (Å²) in [4.78, 5) is 12.7. The first-order valence-corrected chi connectivity index (χ1v) is 7.03. The van der Waals surface area contributed by atoms with Crippen molar-refractivity contribution in [3.8, 4) is 11.6 Å². The SMILES string of the molecule is Cc1noc(-c2nn(C3CCCC3)c3ncnc(N)c23)n1. The zero-order valence-electron chi connectivity index (χ0n) is 11.7. The molecule has 8 heteroatoms. The second kappa shape index (κ2) is 4.51. The highest BCUT2D eigenvalue weighted by Gasteiger charge is 2.26. The zero-order valence-corrected chi connectivity index (χ0v) is 11.7. The summed E-state index contributed by atoms with van der Waals surface area (Å²) in [5.74, 6) is 1.30. The molecule has 1 saturated carbocycles. The predicted molar refractivity (Wildman–Crippen MR) is 75.3 cm³/mol. The van der Waals surface area contributed by atoms with Gasteiger partial charge in [0.2, 0.25) is 0 Å². The van der Waals surface area contributed by atoms with Crippen LogP contribution < -0.4 is 5.73 Å². The maximum absolute atomic E-state index is 6.02. The molecule has 0 amide bonds. The Morgan fingerprint density at radius 3 is 2.81 bits per heavy atom. The van der Waals surface area contributed by atoms with Crippen molar-refractivity contribution in [3.63, 3.8) is 0 Å². The maximum atomic E-state index is 6.02. The molecule has 1 aliphatic rings. The number of nitrogen functional groups attached to an aromatic ring is 1. The Kier molecular flexibility index (Phi) is 2.63. The van der Waals surface area contributed by atoms with E-state index in [1.54, 1.807) is 6.92 Å². The second-order valence-corrected chi connectivity index (χ2v) is 5.34. The quantitative estimate of drug-likeness (QED) is 0.765. The first-order valence-electron chi connectivity index (χ1n) is 7.03. The minimum absolute atomic E-state index is 0.347. The van der Waals surface area contributed by atoms with Gasteiger partial charge in [-0.2, -0.15) is 10.1 Å². The Morgan fingerprint density at radius 2 is 2.10 bits per heavy atom. The Bertz CT molecular complexity index is 800. The summed E-state index contributed by atoms with van der Waals surface area (Å²) in [7, 11) is 0. The highest BCUT2D eigenvalue weighted by atomic mass is 16.5. The van der Waals surface area contributed by atoms with E-state index in [9.17, 15) is 0 Å². The van der Waals surface area contributed by atoms with Gasteiger partial charge in [-0.15, -0.1) is 0 Å². The number of rotatable bonds is 2. The van der Waals surface area contributed by atoms with Crippen molar-refractivity contribution in [2.24, 2.45) is 0 Å². The van der Waals surface area contributed by atoms with E-state index in [-0.39, 0.29) is 0 Å². The Labute approximate surface area is 120 Å².